The fourth-order valence-electron chi connectivity index (χ4n) is 8.25. The lowest BCUT2D eigenvalue weighted by molar-refractivity contribution is -0.129. The summed E-state index contributed by atoms with van der Waals surface area (Å²) in [6, 6.07) is 14.0. The van der Waals surface area contributed by atoms with Crippen LogP contribution in [0.4, 0.5) is 27.8 Å². The Morgan fingerprint density at radius 2 is 1.75 bits per heavy atom. The van der Waals surface area contributed by atoms with Gasteiger partial charge in [-0.2, -0.15) is 5.10 Å². The molecule has 4 aromatic rings. The fraction of sp³-hybridized carbons (Fsp3) is 0.475. The van der Waals surface area contributed by atoms with Gasteiger partial charge in [-0.15, -0.1) is 0 Å². The van der Waals surface area contributed by atoms with Gasteiger partial charge in [0.15, 0.2) is 0 Å². The summed E-state index contributed by atoms with van der Waals surface area (Å²) in [6.45, 7) is 9.86. The number of imide groups is 1. The normalized spacial score (nSPS) is 19.1. The maximum absolute atomic E-state index is 13.6. The number of amides is 3. The van der Waals surface area contributed by atoms with Crippen LogP contribution in [0, 0.1) is 12.8 Å². The van der Waals surface area contributed by atoms with Crippen molar-refractivity contribution in [1.29, 1.82) is 0 Å². The first-order valence-electron chi connectivity index (χ1n) is 19.1. The van der Waals surface area contributed by atoms with E-state index in [2.05, 4.69) is 61.4 Å². The minimum atomic E-state index is -0.266. The van der Waals surface area contributed by atoms with Gasteiger partial charge in [0, 0.05) is 76.0 Å². The number of nitrogens with one attached hydrogen (secondary N) is 2. The van der Waals surface area contributed by atoms with E-state index in [4.69, 9.17) is 14.8 Å². The summed E-state index contributed by atoms with van der Waals surface area (Å²) >= 11 is 0. The van der Waals surface area contributed by atoms with Gasteiger partial charge in [0.2, 0.25) is 11.9 Å². The molecule has 2 N–H and O–H groups in total. The van der Waals surface area contributed by atoms with Crippen molar-refractivity contribution < 1.29 is 14.3 Å². The maximum Gasteiger partial charge on any atom is 0.331 e. The quantitative estimate of drug-likeness (QED) is 0.224. The van der Waals surface area contributed by atoms with Crippen molar-refractivity contribution in [2.45, 2.75) is 64.6 Å². The molecule has 3 fully saturated rings. The van der Waals surface area contributed by atoms with Gasteiger partial charge in [-0.1, -0.05) is 12.1 Å². The summed E-state index contributed by atoms with van der Waals surface area (Å²) in [6.07, 6.45) is 11.7. The Labute approximate surface area is 311 Å². The van der Waals surface area contributed by atoms with E-state index in [0.717, 1.165) is 99.0 Å². The lowest BCUT2D eigenvalue weighted by Gasteiger charge is -2.39. The van der Waals surface area contributed by atoms with E-state index in [1.165, 1.54) is 29.0 Å². The molecule has 8 rings (SSSR count). The third-order valence-electron chi connectivity index (χ3n) is 11.4. The van der Waals surface area contributed by atoms with Gasteiger partial charge in [-0.3, -0.25) is 19.3 Å². The summed E-state index contributed by atoms with van der Waals surface area (Å²) in [5.74, 6) is 1.92. The van der Waals surface area contributed by atoms with E-state index in [1.54, 1.807) is 12.0 Å². The van der Waals surface area contributed by atoms with Gasteiger partial charge in [0.25, 0.3) is 0 Å². The summed E-state index contributed by atoms with van der Waals surface area (Å²) in [5, 5.41) is 11.4. The number of piperidine rings is 2. The number of ether oxygens (including phenoxy) is 1. The number of hydrogen-bond acceptors (Lipinski definition) is 10. The second kappa shape index (κ2) is 15.5. The monoisotopic (exact) mass is 718 g/mol. The van der Waals surface area contributed by atoms with Crippen molar-refractivity contribution in [1.82, 2.24) is 34.9 Å². The van der Waals surface area contributed by atoms with Crippen molar-refractivity contribution in [3.05, 3.63) is 83.4 Å². The van der Waals surface area contributed by atoms with Crippen molar-refractivity contribution in [3.8, 4) is 5.75 Å². The maximum atomic E-state index is 13.6. The van der Waals surface area contributed by atoms with Crippen LogP contribution in [-0.4, -0.2) is 94.4 Å². The number of hydrogen-bond donors (Lipinski definition) is 2. The van der Waals surface area contributed by atoms with Crippen molar-refractivity contribution in [3.63, 3.8) is 0 Å². The highest BCUT2D eigenvalue weighted by Gasteiger charge is 2.34. The molecule has 0 radical (unpaired) electrons. The number of carbonyl (C=O) groups is 2. The van der Waals surface area contributed by atoms with Crippen molar-refractivity contribution >= 4 is 34.9 Å². The van der Waals surface area contributed by atoms with E-state index in [-0.39, 0.29) is 18.5 Å². The number of urea groups is 1. The second-order valence-corrected chi connectivity index (χ2v) is 14.9. The van der Waals surface area contributed by atoms with Crippen LogP contribution in [0.3, 0.4) is 0 Å². The minimum absolute atomic E-state index is 0.140. The van der Waals surface area contributed by atoms with Crippen LogP contribution in [0.15, 0.2) is 61.1 Å². The summed E-state index contributed by atoms with van der Waals surface area (Å²) in [7, 11) is 1.62. The lowest BCUT2D eigenvalue weighted by Crippen LogP contribution is -2.52. The number of benzene rings is 2. The van der Waals surface area contributed by atoms with Gasteiger partial charge in [0.05, 0.1) is 37.3 Å². The Morgan fingerprint density at radius 3 is 2.53 bits per heavy atom. The van der Waals surface area contributed by atoms with Crippen LogP contribution >= 0.6 is 0 Å². The molecule has 3 saturated heterocycles. The fourth-order valence-corrected chi connectivity index (χ4v) is 8.25. The number of likely N-dealkylation sites (tertiary alicyclic amines) is 1. The van der Waals surface area contributed by atoms with E-state index < -0.39 is 0 Å². The molecule has 6 heterocycles. The first-order valence-corrected chi connectivity index (χ1v) is 19.1. The molecule has 278 valence electrons. The topological polar surface area (TPSA) is 124 Å². The lowest BCUT2D eigenvalue weighted by atomic mass is 9.94. The Hall–Kier alpha value is -5.01. The third-order valence-corrected chi connectivity index (χ3v) is 11.4. The molecule has 2 aromatic heterocycles. The Balaban J connectivity index is 0.797. The van der Waals surface area contributed by atoms with Crippen LogP contribution < -0.4 is 25.2 Å². The SMILES string of the molecule is COc1ccc(CN2C(=O)CCN(c3ccc(N4CCC(CN5CCC(n6cc(Nc7ncc8c(n7)CNCC8)cn6)CC5)CC4)cc3C)C2=O)cc1. The van der Waals surface area contributed by atoms with Crippen LogP contribution in [-0.2, 0) is 24.3 Å². The molecule has 53 heavy (non-hydrogen) atoms. The average Bonchev–Trinajstić information content (AvgIpc) is 3.66. The Kier molecular flexibility index (Phi) is 10.3. The zero-order chi connectivity index (χ0) is 36.3. The summed E-state index contributed by atoms with van der Waals surface area (Å²) in [5.41, 5.74) is 7.23. The molecular formula is C40H50N10O3. The summed E-state index contributed by atoms with van der Waals surface area (Å²) < 4.78 is 7.36. The van der Waals surface area contributed by atoms with Crippen molar-refractivity contribution in [2.75, 3.05) is 68.0 Å². The first-order chi connectivity index (χ1) is 25.9. The molecule has 0 saturated carbocycles. The molecule has 13 heteroatoms. The van der Waals surface area contributed by atoms with Crippen LogP contribution in [0.5, 0.6) is 5.75 Å². The molecule has 4 aliphatic rings. The predicted octanol–water partition coefficient (Wildman–Crippen LogP) is 5.29. The number of fused-ring (bicyclic) bond motifs is 1. The number of anilines is 4. The van der Waals surface area contributed by atoms with Gasteiger partial charge >= 0.3 is 6.03 Å². The molecule has 0 spiro atoms. The number of rotatable bonds is 10. The number of aromatic nitrogens is 4. The molecular weight excluding hydrogens is 669 g/mol. The van der Waals surface area contributed by atoms with Gasteiger partial charge in [-0.05, 0) is 98.5 Å². The summed E-state index contributed by atoms with van der Waals surface area (Å²) in [4.78, 5) is 43.8. The van der Waals surface area contributed by atoms with Gasteiger partial charge < -0.3 is 25.2 Å². The second-order valence-electron chi connectivity index (χ2n) is 14.9. The van der Waals surface area contributed by atoms with Crippen LogP contribution in [0.25, 0.3) is 0 Å². The molecule has 0 unspecified atom stereocenters. The van der Waals surface area contributed by atoms with E-state index in [9.17, 15) is 9.59 Å². The molecule has 0 bridgehead atoms. The standard InChI is InChI=1S/C40H50N10O3/c1-28-21-34(5-8-37(28)48-20-14-38(51)49(40(48)52)26-29-3-6-35(53-2)7-4-29)47-18-10-30(11-19-47)25-46-16-12-33(13-17-46)50-27-32(23-43-50)44-39-42-22-31-9-15-41-24-36(31)45-39/h3-8,21-23,27,30,33,41H,9-20,24-26H2,1-2H3,(H,42,44,45). The van der Waals surface area contributed by atoms with Crippen LogP contribution in [0.1, 0.15) is 60.5 Å². The zero-order valence-electron chi connectivity index (χ0n) is 30.8. The number of carbonyl (C=O) groups excluding carboxylic acids is 2. The molecule has 2 aromatic carbocycles. The molecule has 13 nitrogen and oxygen atoms in total. The highest BCUT2D eigenvalue weighted by Crippen LogP contribution is 2.32. The van der Waals surface area contributed by atoms with E-state index in [1.807, 2.05) is 36.7 Å². The molecule has 3 amide bonds. The van der Waals surface area contributed by atoms with E-state index in [0.29, 0.717) is 30.9 Å². The van der Waals surface area contributed by atoms with E-state index >= 15 is 0 Å². The third kappa shape index (κ3) is 7.86. The number of aryl methyl sites for hydroxylation is 1. The average molecular weight is 719 g/mol. The predicted molar refractivity (Wildman–Crippen MR) is 205 cm³/mol. The molecule has 4 aliphatic heterocycles. The van der Waals surface area contributed by atoms with Crippen molar-refractivity contribution in [2.24, 2.45) is 5.92 Å². The van der Waals surface area contributed by atoms with Gasteiger partial charge in [-0.25, -0.2) is 14.8 Å². The number of nitrogens with zero attached hydrogens (tertiary/aromatic N) is 8. The molecule has 0 atom stereocenters. The highest BCUT2D eigenvalue weighted by molar-refractivity contribution is 6.06. The first kappa shape index (κ1) is 35.0. The minimum Gasteiger partial charge on any atom is -0.497 e. The highest BCUT2D eigenvalue weighted by atomic mass is 16.5. The molecule has 0 aliphatic carbocycles. The Morgan fingerprint density at radius 1 is 0.943 bits per heavy atom. The zero-order valence-corrected chi connectivity index (χ0v) is 30.8. The van der Waals surface area contributed by atoms with Gasteiger partial charge in [0.1, 0.15) is 5.75 Å². The largest absolute Gasteiger partial charge is 0.497 e. The van der Waals surface area contributed by atoms with Crippen LogP contribution in [0.2, 0.25) is 0 Å². The number of methoxy groups -OCH3 is 1. The smallest absolute Gasteiger partial charge is 0.331 e. The Bertz CT molecular complexity index is 1910.